The van der Waals surface area contributed by atoms with Gasteiger partial charge < -0.3 is 10.1 Å². The second-order valence-corrected chi connectivity index (χ2v) is 5.30. The summed E-state index contributed by atoms with van der Waals surface area (Å²) in [7, 11) is 1.61. The molecule has 4 heteroatoms. The Bertz CT molecular complexity index is 682. The van der Waals surface area contributed by atoms with Crippen molar-refractivity contribution in [2.75, 3.05) is 7.11 Å². The molecule has 0 aliphatic rings. The first-order valence-corrected chi connectivity index (χ1v) is 7.35. The number of halogens is 1. The molecule has 0 bridgehead atoms. The number of nitrogens with one attached hydrogen (secondary N) is 1. The molecule has 1 N–H and O–H groups in total. The largest absolute Gasteiger partial charge is 0.496 e. The number of methoxy groups -OCH3 is 1. The number of hydrogen-bond acceptors (Lipinski definition) is 2. The molecule has 0 aliphatic carbocycles. The van der Waals surface area contributed by atoms with Gasteiger partial charge in [0.2, 0.25) is 5.91 Å². The fourth-order valence-corrected chi connectivity index (χ4v) is 2.29. The summed E-state index contributed by atoms with van der Waals surface area (Å²) in [6.07, 6.45) is 3.23. The molecule has 2 aromatic carbocycles. The number of hydrogen-bond donors (Lipinski definition) is 1. The Hall–Kier alpha value is -2.26. The Labute approximate surface area is 135 Å². The fourth-order valence-electron chi connectivity index (χ4n) is 2.09. The molecule has 0 fully saturated rings. The third kappa shape index (κ3) is 4.37. The molecular formula is C18H18ClNO2. The molecule has 3 nitrogen and oxygen atoms in total. The first-order valence-electron chi connectivity index (χ1n) is 6.97. The van der Waals surface area contributed by atoms with Gasteiger partial charge in [-0.2, -0.15) is 0 Å². The minimum absolute atomic E-state index is 0.117. The van der Waals surface area contributed by atoms with E-state index >= 15 is 0 Å². The second kappa shape index (κ2) is 7.66. The molecule has 114 valence electrons. The summed E-state index contributed by atoms with van der Waals surface area (Å²) >= 11 is 5.96. The average Bonchev–Trinajstić information content (AvgIpc) is 2.53. The quantitative estimate of drug-likeness (QED) is 0.838. The van der Waals surface area contributed by atoms with E-state index in [-0.39, 0.29) is 11.9 Å². The topological polar surface area (TPSA) is 38.3 Å². The maximum atomic E-state index is 12.0. The van der Waals surface area contributed by atoms with Crippen LogP contribution in [0.4, 0.5) is 0 Å². The summed E-state index contributed by atoms with van der Waals surface area (Å²) in [5, 5.41) is 3.56. The lowest BCUT2D eigenvalue weighted by Gasteiger charge is -2.13. The molecule has 2 rings (SSSR count). The Morgan fingerprint density at radius 1 is 1.23 bits per heavy atom. The van der Waals surface area contributed by atoms with Gasteiger partial charge in [0.15, 0.2) is 0 Å². The Kier molecular flexibility index (Phi) is 5.61. The maximum absolute atomic E-state index is 12.0. The summed E-state index contributed by atoms with van der Waals surface area (Å²) in [5.74, 6) is 0.563. The first-order chi connectivity index (χ1) is 10.6. The first kappa shape index (κ1) is 16.1. The summed E-state index contributed by atoms with van der Waals surface area (Å²) in [6, 6.07) is 14.9. The lowest BCUT2D eigenvalue weighted by molar-refractivity contribution is -0.117. The van der Waals surface area contributed by atoms with Crippen LogP contribution in [0.3, 0.4) is 0 Å². The molecule has 0 unspecified atom stereocenters. The van der Waals surface area contributed by atoms with E-state index in [2.05, 4.69) is 5.32 Å². The zero-order valence-corrected chi connectivity index (χ0v) is 13.3. The number of carbonyl (C=O) groups excluding carboxylic acids is 1. The van der Waals surface area contributed by atoms with Crippen molar-refractivity contribution in [1.82, 2.24) is 5.32 Å². The van der Waals surface area contributed by atoms with Crippen LogP contribution in [0.5, 0.6) is 5.75 Å². The van der Waals surface area contributed by atoms with Crippen LogP contribution < -0.4 is 10.1 Å². The minimum Gasteiger partial charge on any atom is -0.496 e. The molecule has 0 saturated carbocycles. The van der Waals surface area contributed by atoms with Gasteiger partial charge in [0.05, 0.1) is 13.2 Å². The van der Waals surface area contributed by atoms with E-state index in [4.69, 9.17) is 16.3 Å². The van der Waals surface area contributed by atoms with Gasteiger partial charge in [-0.25, -0.2) is 0 Å². The van der Waals surface area contributed by atoms with E-state index in [9.17, 15) is 4.79 Å². The predicted octanol–water partition coefficient (Wildman–Crippen LogP) is 4.24. The van der Waals surface area contributed by atoms with Gasteiger partial charge in [-0.3, -0.25) is 4.79 Å². The van der Waals surface area contributed by atoms with Crippen molar-refractivity contribution in [2.24, 2.45) is 0 Å². The van der Waals surface area contributed by atoms with Gasteiger partial charge in [0, 0.05) is 16.7 Å². The SMILES string of the molecule is COc1ccccc1/C=C/C(=O)N[C@@H](C)c1cccc(Cl)c1. The predicted molar refractivity (Wildman–Crippen MR) is 90.0 cm³/mol. The highest BCUT2D eigenvalue weighted by molar-refractivity contribution is 6.30. The number of para-hydroxylation sites is 1. The third-order valence-corrected chi connectivity index (χ3v) is 3.50. The lowest BCUT2D eigenvalue weighted by atomic mass is 10.1. The highest BCUT2D eigenvalue weighted by Gasteiger charge is 2.08. The zero-order chi connectivity index (χ0) is 15.9. The standard InChI is InChI=1S/C18H18ClNO2/c1-13(15-7-5-8-16(19)12-15)20-18(21)11-10-14-6-3-4-9-17(14)22-2/h3-13H,1-2H3,(H,20,21)/b11-10+/t13-/m0/s1. The van der Waals surface area contributed by atoms with Crippen molar-refractivity contribution >= 4 is 23.6 Å². The van der Waals surface area contributed by atoms with E-state index in [0.717, 1.165) is 16.9 Å². The molecule has 0 spiro atoms. The van der Waals surface area contributed by atoms with E-state index in [1.165, 1.54) is 6.08 Å². The molecule has 0 radical (unpaired) electrons. The number of ether oxygens (including phenoxy) is 1. The van der Waals surface area contributed by atoms with Crippen LogP contribution in [-0.2, 0) is 4.79 Å². The molecule has 0 aliphatic heterocycles. The molecule has 0 saturated heterocycles. The van der Waals surface area contributed by atoms with Crippen molar-refractivity contribution in [3.8, 4) is 5.75 Å². The third-order valence-electron chi connectivity index (χ3n) is 3.26. The monoisotopic (exact) mass is 315 g/mol. The van der Waals surface area contributed by atoms with Crippen molar-refractivity contribution < 1.29 is 9.53 Å². The van der Waals surface area contributed by atoms with E-state index in [1.54, 1.807) is 19.3 Å². The van der Waals surface area contributed by atoms with Crippen molar-refractivity contribution in [3.05, 3.63) is 70.8 Å². The Morgan fingerprint density at radius 3 is 2.73 bits per heavy atom. The second-order valence-electron chi connectivity index (χ2n) is 4.86. The summed E-state index contributed by atoms with van der Waals surface area (Å²) < 4.78 is 5.24. The molecule has 0 aromatic heterocycles. The summed E-state index contributed by atoms with van der Waals surface area (Å²) in [5.41, 5.74) is 1.82. The molecule has 1 atom stereocenters. The van der Waals surface area contributed by atoms with Gasteiger partial charge in [0.25, 0.3) is 0 Å². The molecule has 1 amide bonds. The molecule has 0 heterocycles. The molecule has 22 heavy (non-hydrogen) atoms. The Morgan fingerprint density at radius 2 is 2.00 bits per heavy atom. The molecular weight excluding hydrogens is 298 g/mol. The summed E-state index contributed by atoms with van der Waals surface area (Å²) in [6.45, 7) is 1.92. The van der Waals surface area contributed by atoms with Gasteiger partial charge in [-0.1, -0.05) is 41.9 Å². The van der Waals surface area contributed by atoms with Crippen LogP contribution in [0.25, 0.3) is 6.08 Å². The number of carbonyl (C=O) groups is 1. The van der Waals surface area contributed by atoms with Crippen LogP contribution in [0, 0.1) is 0 Å². The lowest BCUT2D eigenvalue weighted by Crippen LogP contribution is -2.24. The normalized spacial score (nSPS) is 12.1. The van der Waals surface area contributed by atoms with Crippen LogP contribution in [0.15, 0.2) is 54.6 Å². The fraction of sp³-hybridized carbons (Fsp3) is 0.167. The van der Waals surface area contributed by atoms with Gasteiger partial charge >= 0.3 is 0 Å². The van der Waals surface area contributed by atoms with Crippen molar-refractivity contribution in [3.63, 3.8) is 0 Å². The maximum Gasteiger partial charge on any atom is 0.244 e. The van der Waals surface area contributed by atoms with Crippen LogP contribution in [-0.4, -0.2) is 13.0 Å². The van der Waals surface area contributed by atoms with Gasteiger partial charge in [-0.15, -0.1) is 0 Å². The highest BCUT2D eigenvalue weighted by atomic mass is 35.5. The number of amides is 1. The highest BCUT2D eigenvalue weighted by Crippen LogP contribution is 2.19. The van der Waals surface area contributed by atoms with E-state index < -0.39 is 0 Å². The van der Waals surface area contributed by atoms with Crippen molar-refractivity contribution in [2.45, 2.75) is 13.0 Å². The smallest absolute Gasteiger partial charge is 0.244 e. The minimum atomic E-state index is -0.168. The molecule has 2 aromatic rings. The van der Waals surface area contributed by atoms with Crippen LogP contribution in [0.1, 0.15) is 24.1 Å². The number of rotatable bonds is 5. The van der Waals surface area contributed by atoms with Gasteiger partial charge in [-0.05, 0) is 36.8 Å². The van der Waals surface area contributed by atoms with Gasteiger partial charge in [0.1, 0.15) is 5.75 Å². The number of benzene rings is 2. The summed E-state index contributed by atoms with van der Waals surface area (Å²) in [4.78, 5) is 12.0. The van der Waals surface area contributed by atoms with E-state index in [1.807, 2.05) is 49.4 Å². The van der Waals surface area contributed by atoms with Crippen LogP contribution >= 0.6 is 11.6 Å². The van der Waals surface area contributed by atoms with E-state index in [0.29, 0.717) is 5.02 Å². The Balaban J connectivity index is 2.02. The zero-order valence-electron chi connectivity index (χ0n) is 12.5. The van der Waals surface area contributed by atoms with Crippen molar-refractivity contribution in [1.29, 1.82) is 0 Å². The van der Waals surface area contributed by atoms with Crippen LogP contribution in [0.2, 0.25) is 5.02 Å². The average molecular weight is 316 g/mol.